The van der Waals surface area contributed by atoms with Crippen molar-refractivity contribution in [1.82, 2.24) is 0 Å². The van der Waals surface area contributed by atoms with E-state index in [1.807, 2.05) is 19.6 Å². The Morgan fingerprint density at radius 3 is 2.07 bits per heavy atom. The molecule has 2 aliphatic rings. The number of epoxide rings is 1. The molecule has 2 fully saturated rings. The lowest BCUT2D eigenvalue weighted by Crippen LogP contribution is -2.62. The molecule has 14 heteroatoms. The highest BCUT2D eigenvalue weighted by molar-refractivity contribution is 6.87. The van der Waals surface area contributed by atoms with Crippen LogP contribution >= 0.6 is 0 Å². The van der Waals surface area contributed by atoms with Crippen molar-refractivity contribution in [1.29, 1.82) is 0 Å². The summed E-state index contributed by atoms with van der Waals surface area (Å²) in [6.45, 7) is 9.36. The summed E-state index contributed by atoms with van der Waals surface area (Å²) in [7, 11) is -6.01. The van der Waals surface area contributed by atoms with E-state index in [9.17, 15) is 0 Å². The van der Waals surface area contributed by atoms with Crippen LogP contribution in [-0.2, 0) is 39.2 Å². The summed E-state index contributed by atoms with van der Waals surface area (Å²) in [6, 6.07) is 1.28. The van der Waals surface area contributed by atoms with Gasteiger partial charge >= 0.3 is 44.5 Å². The lowest BCUT2D eigenvalue weighted by Gasteiger charge is -2.42. The average molecular weight is 473 g/mol. The lowest BCUT2D eigenvalue weighted by molar-refractivity contribution is 0.120. The second kappa shape index (κ2) is 10.2. The SMILES string of the molecule is CO[Si](CC[Si]1(C)O[Si](C)O[Si](C)O[Si](C)(COCC2CO2)O1)(OC)OC. The number of rotatable bonds is 10. The fourth-order valence-electron chi connectivity index (χ4n) is 2.99. The fourth-order valence-corrected chi connectivity index (χ4v) is 21.2. The Bertz CT molecular complexity index is 461. The molecule has 0 spiro atoms. The monoisotopic (exact) mass is 472 g/mol. The molecule has 0 aromatic carbocycles. The predicted octanol–water partition coefficient (Wildman–Crippen LogP) is 1.28. The first-order valence-corrected chi connectivity index (χ1v) is 19.6. The highest BCUT2D eigenvalue weighted by atomic mass is 28.5. The minimum Gasteiger partial charge on any atom is -0.415 e. The first kappa shape index (κ1) is 24.0. The van der Waals surface area contributed by atoms with Crippen LogP contribution in [-0.4, -0.2) is 91.4 Å². The summed E-state index contributed by atoms with van der Waals surface area (Å²) < 4.78 is 53.0. The summed E-state index contributed by atoms with van der Waals surface area (Å²) in [5.41, 5.74) is 0. The van der Waals surface area contributed by atoms with Gasteiger partial charge in [0.2, 0.25) is 0 Å². The molecule has 0 aliphatic carbocycles. The number of ether oxygens (including phenoxy) is 2. The second-order valence-electron chi connectivity index (χ2n) is 6.92. The molecule has 2 saturated heterocycles. The van der Waals surface area contributed by atoms with Gasteiger partial charge in [0.25, 0.3) is 0 Å². The highest BCUT2D eigenvalue weighted by Gasteiger charge is 2.51. The smallest absolute Gasteiger partial charge is 0.415 e. The van der Waals surface area contributed by atoms with Crippen molar-refractivity contribution in [2.24, 2.45) is 0 Å². The van der Waals surface area contributed by atoms with Gasteiger partial charge in [-0.25, -0.2) is 0 Å². The maximum atomic E-state index is 6.63. The van der Waals surface area contributed by atoms with E-state index in [-0.39, 0.29) is 6.10 Å². The van der Waals surface area contributed by atoms with Crippen LogP contribution in [0.15, 0.2) is 0 Å². The lowest BCUT2D eigenvalue weighted by atomic mass is 10.5. The Morgan fingerprint density at radius 2 is 1.56 bits per heavy atom. The van der Waals surface area contributed by atoms with Crippen molar-refractivity contribution in [3.8, 4) is 0 Å². The Balaban J connectivity index is 2.07. The van der Waals surface area contributed by atoms with E-state index in [4.69, 9.17) is 39.2 Å². The highest BCUT2D eigenvalue weighted by Crippen LogP contribution is 2.30. The zero-order valence-electron chi connectivity index (χ0n) is 17.3. The number of hydrogen-bond acceptors (Lipinski definition) is 9. The standard InChI is InChI=1S/C13H32O9Si5/c1-14-27(15-2,16-3)9-8-25(6)20-23(4)19-24(5)21-26(7,22-25)12-17-10-13-11-18-13/h13H,8-12H2,1-7H3. The Labute approximate surface area is 169 Å². The van der Waals surface area contributed by atoms with Crippen molar-refractivity contribution in [3.05, 3.63) is 0 Å². The minimum absolute atomic E-state index is 0.209. The van der Waals surface area contributed by atoms with Gasteiger partial charge in [-0.2, -0.15) is 0 Å². The van der Waals surface area contributed by atoms with Crippen LogP contribution < -0.4 is 0 Å². The van der Waals surface area contributed by atoms with Crippen LogP contribution in [0.25, 0.3) is 0 Å². The summed E-state index contributed by atoms with van der Waals surface area (Å²) in [4.78, 5) is 0. The largest absolute Gasteiger partial charge is 0.500 e. The summed E-state index contributed by atoms with van der Waals surface area (Å²) in [5, 5.41) is 0. The molecular weight excluding hydrogens is 441 g/mol. The Hall–Kier alpha value is 0.724. The van der Waals surface area contributed by atoms with Crippen molar-refractivity contribution >= 4 is 44.5 Å². The second-order valence-corrected chi connectivity index (χ2v) is 20.6. The molecule has 2 radical (unpaired) electrons. The maximum absolute atomic E-state index is 6.63. The molecule has 0 aromatic heterocycles. The van der Waals surface area contributed by atoms with E-state index < -0.39 is 44.5 Å². The molecule has 27 heavy (non-hydrogen) atoms. The molecule has 3 unspecified atom stereocenters. The first-order chi connectivity index (χ1) is 12.7. The van der Waals surface area contributed by atoms with Gasteiger partial charge in [-0.15, -0.1) is 0 Å². The van der Waals surface area contributed by atoms with Crippen molar-refractivity contribution in [2.45, 2.75) is 44.4 Å². The van der Waals surface area contributed by atoms with Crippen LogP contribution in [0.5, 0.6) is 0 Å². The molecule has 0 bridgehead atoms. The molecule has 9 nitrogen and oxygen atoms in total. The minimum atomic E-state index is -2.71. The zero-order chi connectivity index (χ0) is 20.1. The third-order valence-corrected chi connectivity index (χ3v) is 21.0. The van der Waals surface area contributed by atoms with Crippen LogP contribution in [0.3, 0.4) is 0 Å². The van der Waals surface area contributed by atoms with E-state index in [2.05, 4.69) is 6.55 Å². The maximum Gasteiger partial charge on any atom is 0.500 e. The fraction of sp³-hybridized carbons (Fsp3) is 1.00. The van der Waals surface area contributed by atoms with Crippen LogP contribution in [0, 0.1) is 0 Å². The van der Waals surface area contributed by atoms with Crippen LogP contribution in [0.1, 0.15) is 0 Å². The van der Waals surface area contributed by atoms with Gasteiger partial charge in [-0.05, 0) is 32.2 Å². The van der Waals surface area contributed by atoms with Crippen molar-refractivity contribution in [2.75, 3.05) is 40.8 Å². The predicted molar refractivity (Wildman–Crippen MR) is 108 cm³/mol. The zero-order valence-corrected chi connectivity index (χ0v) is 22.3. The van der Waals surface area contributed by atoms with E-state index >= 15 is 0 Å². The molecule has 0 amide bonds. The van der Waals surface area contributed by atoms with Crippen LogP contribution in [0.2, 0.25) is 38.3 Å². The van der Waals surface area contributed by atoms with E-state index in [0.717, 1.165) is 6.61 Å². The third-order valence-electron chi connectivity index (χ3n) is 4.33. The quantitative estimate of drug-likeness (QED) is 0.345. The Morgan fingerprint density at radius 1 is 1.00 bits per heavy atom. The van der Waals surface area contributed by atoms with Gasteiger partial charge in [0.1, 0.15) is 6.10 Å². The van der Waals surface area contributed by atoms with Crippen molar-refractivity contribution < 1.29 is 39.2 Å². The molecule has 158 valence electrons. The molecule has 0 aromatic rings. The first-order valence-electron chi connectivity index (χ1n) is 8.95. The van der Waals surface area contributed by atoms with Crippen LogP contribution in [0.4, 0.5) is 0 Å². The van der Waals surface area contributed by atoms with Gasteiger partial charge in [0.15, 0.2) is 0 Å². The molecule has 2 heterocycles. The topological polar surface area (TPSA) is 86.4 Å². The Kier molecular flexibility index (Phi) is 9.03. The van der Waals surface area contributed by atoms with E-state index in [0.29, 0.717) is 24.9 Å². The summed E-state index contributed by atoms with van der Waals surface area (Å²) >= 11 is 0. The summed E-state index contributed by atoms with van der Waals surface area (Å²) in [6.07, 6.45) is 0.637. The number of hydrogen-bond donors (Lipinski definition) is 0. The molecule has 2 aliphatic heterocycles. The van der Waals surface area contributed by atoms with E-state index in [1.165, 1.54) is 0 Å². The normalized spacial score (nSPS) is 33.7. The molecule has 3 atom stereocenters. The average Bonchev–Trinajstić information content (AvgIpc) is 3.39. The van der Waals surface area contributed by atoms with Crippen molar-refractivity contribution in [3.63, 3.8) is 0 Å². The molecule has 0 N–H and O–H groups in total. The van der Waals surface area contributed by atoms with E-state index in [1.54, 1.807) is 21.3 Å². The van der Waals surface area contributed by atoms with Gasteiger partial charge in [-0.3, -0.25) is 0 Å². The molecule has 0 saturated carbocycles. The molecular formula is C13H32O9Si5. The van der Waals surface area contributed by atoms with Gasteiger partial charge in [-0.1, -0.05) is 0 Å². The van der Waals surface area contributed by atoms with Gasteiger partial charge in [0, 0.05) is 27.4 Å². The van der Waals surface area contributed by atoms with Gasteiger partial charge in [0.05, 0.1) is 19.4 Å². The summed E-state index contributed by atoms with van der Waals surface area (Å²) in [5.74, 6) is 0. The molecule has 2 rings (SSSR count). The van der Waals surface area contributed by atoms with Gasteiger partial charge < -0.3 is 39.2 Å². The third kappa shape index (κ3) is 7.48.